The number of nitrogens with one attached hydrogen (secondary N) is 1. The number of halogens is 2. The summed E-state index contributed by atoms with van der Waals surface area (Å²) in [6.07, 6.45) is 0. The normalized spacial score (nSPS) is 23.6. The minimum atomic E-state index is -0.185. The van der Waals surface area contributed by atoms with Crippen molar-refractivity contribution in [2.24, 2.45) is 0 Å². The Labute approximate surface area is 128 Å². The maximum Gasteiger partial charge on any atom is 0.124 e. The molecule has 0 aromatic heterocycles. The molecule has 2 aliphatic rings. The van der Waals surface area contributed by atoms with Gasteiger partial charge in [0, 0.05) is 55.8 Å². The van der Waals surface area contributed by atoms with E-state index in [0.717, 1.165) is 49.8 Å². The Balaban J connectivity index is 1.62. The maximum atomic E-state index is 13.2. The molecule has 1 atom stereocenters. The van der Waals surface area contributed by atoms with Crippen molar-refractivity contribution in [1.29, 1.82) is 0 Å². The highest BCUT2D eigenvalue weighted by Gasteiger charge is 2.29. The van der Waals surface area contributed by atoms with Gasteiger partial charge in [-0.2, -0.15) is 0 Å². The first-order valence-electron chi connectivity index (χ1n) is 7.29. The van der Waals surface area contributed by atoms with Gasteiger partial charge < -0.3 is 5.32 Å². The van der Waals surface area contributed by atoms with Crippen LogP contribution in [0.2, 0.25) is 0 Å². The smallest absolute Gasteiger partial charge is 0.124 e. The SMILES string of the molecule is CC(c1ccc(F)cc1Br)N1CCN(C2CNC2)CC1. The van der Waals surface area contributed by atoms with E-state index < -0.39 is 0 Å². The molecule has 0 radical (unpaired) electrons. The molecule has 110 valence electrons. The minimum Gasteiger partial charge on any atom is -0.314 e. The van der Waals surface area contributed by atoms with Gasteiger partial charge in [-0.05, 0) is 24.6 Å². The lowest BCUT2D eigenvalue weighted by Gasteiger charge is -2.44. The van der Waals surface area contributed by atoms with E-state index in [-0.39, 0.29) is 5.82 Å². The molecule has 20 heavy (non-hydrogen) atoms. The van der Waals surface area contributed by atoms with Crippen LogP contribution in [0.4, 0.5) is 4.39 Å². The summed E-state index contributed by atoms with van der Waals surface area (Å²) >= 11 is 3.48. The van der Waals surface area contributed by atoms with Crippen molar-refractivity contribution in [3.8, 4) is 0 Å². The van der Waals surface area contributed by atoms with Gasteiger partial charge in [-0.25, -0.2) is 4.39 Å². The van der Waals surface area contributed by atoms with Crippen LogP contribution in [0.3, 0.4) is 0 Å². The molecule has 3 nitrogen and oxygen atoms in total. The summed E-state index contributed by atoms with van der Waals surface area (Å²) in [6.45, 7) is 8.92. The second kappa shape index (κ2) is 6.10. The Morgan fingerprint density at radius 3 is 2.50 bits per heavy atom. The number of piperazine rings is 1. The van der Waals surface area contributed by atoms with Crippen molar-refractivity contribution in [3.05, 3.63) is 34.1 Å². The van der Waals surface area contributed by atoms with Crippen molar-refractivity contribution < 1.29 is 4.39 Å². The van der Waals surface area contributed by atoms with Gasteiger partial charge in [-0.1, -0.05) is 22.0 Å². The van der Waals surface area contributed by atoms with Crippen molar-refractivity contribution in [2.45, 2.75) is 19.0 Å². The molecule has 0 aliphatic carbocycles. The van der Waals surface area contributed by atoms with Crippen molar-refractivity contribution in [2.75, 3.05) is 39.3 Å². The lowest BCUT2D eigenvalue weighted by molar-refractivity contribution is 0.0550. The van der Waals surface area contributed by atoms with Gasteiger partial charge in [0.05, 0.1) is 0 Å². The quantitative estimate of drug-likeness (QED) is 0.909. The van der Waals surface area contributed by atoms with Crippen LogP contribution in [-0.2, 0) is 0 Å². The Hall–Kier alpha value is -0.490. The van der Waals surface area contributed by atoms with Gasteiger partial charge in [0.1, 0.15) is 5.82 Å². The molecule has 1 aromatic carbocycles. The first-order chi connectivity index (χ1) is 9.65. The maximum absolute atomic E-state index is 13.2. The van der Waals surface area contributed by atoms with E-state index in [1.54, 1.807) is 12.1 Å². The van der Waals surface area contributed by atoms with Crippen LogP contribution >= 0.6 is 15.9 Å². The topological polar surface area (TPSA) is 18.5 Å². The Morgan fingerprint density at radius 2 is 1.95 bits per heavy atom. The zero-order valence-corrected chi connectivity index (χ0v) is 13.4. The van der Waals surface area contributed by atoms with Gasteiger partial charge in [0.2, 0.25) is 0 Å². The van der Waals surface area contributed by atoms with Gasteiger partial charge >= 0.3 is 0 Å². The van der Waals surface area contributed by atoms with E-state index in [1.165, 1.54) is 5.56 Å². The molecule has 2 fully saturated rings. The molecular formula is C15H21BrFN3. The van der Waals surface area contributed by atoms with E-state index in [9.17, 15) is 4.39 Å². The Bertz CT molecular complexity index is 470. The summed E-state index contributed by atoms with van der Waals surface area (Å²) in [5.41, 5.74) is 1.17. The van der Waals surface area contributed by atoms with Gasteiger partial charge in [-0.15, -0.1) is 0 Å². The molecule has 0 bridgehead atoms. The Kier molecular flexibility index (Phi) is 4.40. The highest BCUT2D eigenvalue weighted by atomic mass is 79.9. The lowest BCUT2D eigenvalue weighted by atomic mass is 10.0. The molecule has 1 N–H and O–H groups in total. The fourth-order valence-electron chi connectivity index (χ4n) is 3.06. The third kappa shape index (κ3) is 2.91. The van der Waals surface area contributed by atoms with E-state index in [1.807, 2.05) is 6.07 Å². The molecule has 0 amide bonds. The molecule has 1 unspecified atom stereocenters. The van der Waals surface area contributed by atoms with Crippen molar-refractivity contribution in [1.82, 2.24) is 15.1 Å². The third-order valence-corrected chi connectivity index (χ3v) is 5.27. The van der Waals surface area contributed by atoms with E-state index in [4.69, 9.17) is 0 Å². The van der Waals surface area contributed by atoms with Gasteiger partial charge in [0.25, 0.3) is 0 Å². The average molecular weight is 342 g/mol. The number of rotatable bonds is 3. The van der Waals surface area contributed by atoms with Crippen LogP contribution in [0, 0.1) is 5.82 Å². The summed E-state index contributed by atoms with van der Waals surface area (Å²) in [7, 11) is 0. The number of hydrogen-bond donors (Lipinski definition) is 1. The lowest BCUT2D eigenvalue weighted by Crippen LogP contribution is -2.61. The molecule has 3 rings (SSSR count). The molecular weight excluding hydrogens is 321 g/mol. The first-order valence-corrected chi connectivity index (χ1v) is 8.08. The average Bonchev–Trinajstić information content (AvgIpc) is 2.37. The van der Waals surface area contributed by atoms with Crippen LogP contribution < -0.4 is 5.32 Å². The first kappa shape index (κ1) is 14.4. The van der Waals surface area contributed by atoms with Gasteiger partial charge in [-0.3, -0.25) is 9.80 Å². The second-order valence-electron chi connectivity index (χ2n) is 5.73. The fraction of sp³-hybridized carbons (Fsp3) is 0.600. The van der Waals surface area contributed by atoms with Crippen LogP contribution in [0.25, 0.3) is 0 Å². The zero-order chi connectivity index (χ0) is 14.1. The predicted molar refractivity (Wildman–Crippen MR) is 82.3 cm³/mol. The van der Waals surface area contributed by atoms with Crippen LogP contribution in [0.1, 0.15) is 18.5 Å². The fourth-order valence-corrected chi connectivity index (χ4v) is 3.74. The Morgan fingerprint density at radius 1 is 1.25 bits per heavy atom. The molecule has 0 spiro atoms. The van der Waals surface area contributed by atoms with Crippen molar-refractivity contribution >= 4 is 15.9 Å². The number of nitrogens with zero attached hydrogens (tertiary/aromatic N) is 2. The standard InChI is InChI=1S/C15H21BrFN3/c1-11(14-3-2-12(17)8-15(14)16)19-4-6-20(7-5-19)13-9-18-10-13/h2-3,8,11,13,18H,4-7,9-10H2,1H3. The van der Waals surface area contributed by atoms with Crippen LogP contribution in [-0.4, -0.2) is 55.1 Å². The van der Waals surface area contributed by atoms with Crippen LogP contribution in [0.5, 0.6) is 0 Å². The zero-order valence-electron chi connectivity index (χ0n) is 11.8. The summed E-state index contributed by atoms with van der Waals surface area (Å²) < 4.78 is 14.1. The number of benzene rings is 1. The van der Waals surface area contributed by atoms with E-state index >= 15 is 0 Å². The molecule has 2 aliphatic heterocycles. The summed E-state index contributed by atoms with van der Waals surface area (Å²) in [5.74, 6) is -0.185. The largest absolute Gasteiger partial charge is 0.314 e. The van der Waals surface area contributed by atoms with E-state index in [0.29, 0.717) is 6.04 Å². The second-order valence-corrected chi connectivity index (χ2v) is 6.58. The molecule has 5 heteroatoms. The monoisotopic (exact) mass is 341 g/mol. The molecule has 2 heterocycles. The van der Waals surface area contributed by atoms with Crippen LogP contribution in [0.15, 0.2) is 22.7 Å². The third-order valence-electron chi connectivity index (χ3n) is 4.59. The highest BCUT2D eigenvalue weighted by Crippen LogP contribution is 2.29. The molecule has 2 saturated heterocycles. The number of hydrogen-bond acceptors (Lipinski definition) is 3. The molecule has 0 saturated carbocycles. The van der Waals surface area contributed by atoms with E-state index in [2.05, 4.69) is 38.0 Å². The molecule has 1 aromatic rings. The highest BCUT2D eigenvalue weighted by molar-refractivity contribution is 9.10. The summed E-state index contributed by atoms with van der Waals surface area (Å²) in [6, 6.07) is 6.07. The summed E-state index contributed by atoms with van der Waals surface area (Å²) in [5, 5.41) is 3.33. The van der Waals surface area contributed by atoms with Crippen molar-refractivity contribution in [3.63, 3.8) is 0 Å². The predicted octanol–water partition coefficient (Wildman–Crippen LogP) is 2.24. The summed E-state index contributed by atoms with van der Waals surface area (Å²) in [4.78, 5) is 5.07. The van der Waals surface area contributed by atoms with Gasteiger partial charge in [0.15, 0.2) is 0 Å². The minimum absolute atomic E-state index is 0.185.